The third kappa shape index (κ3) is 3.17. The predicted octanol–water partition coefficient (Wildman–Crippen LogP) is 4.54. The molecule has 2 aromatic carbocycles. The van der Waals surface area contributed by atoms with Crippen LogP contribution in [0.3, 0.4) is 0 Å². The summed E-state index contributed by atoms with van der Waals surface area (Å²) >= 11 is 0. The van der Waals surface area contributed by atoms with Crippen LogP contribution in [0.1, 0.15) is 47.8 Å². The molecule has 0 saturated heterocycles. The van der Waals surface area contributed by atoms with Crippen molar-refractivity contribution in [3.63, 3.8) is 0 Å². The van der Waals surface area contributed by atoms with Crippen LogP contribution in [0, 0.1) is 0 Å². The van der Waals surface area contributed by atoms with Crippen LogP contribution in [0.5, 0.6) is 0 Å². The van der Waals surface area contributed by atoms with Crippen molar-refractivity contribution in [2.45, 2.75) is 31.6 Å². The van der Waals surface area contributed by atoms with Crippen LogP contribution in [0.15, 0.2) is 42.5 Å². The maximum atomic E-state index is 12.6. The highest BCUT2D eigenvalue weighted by molar-refractivity contribution is 6.07. The molecule has 1 fully saturated rings. The number of hydrogen-bond acceptors (Lipinski definition) is 3. The summed E-state index contributed by atoms with van der Waals surface area (Å²) in [5.74, 6) is 1.50. The second kappa shape index (κ2) is 6.83. The van der Waals surface area contributed by atoms with Crippen LogP contribution in [0.2, 0.25) is 0 Å². The molecule has 26 heavy (non-hydrogen) atoms. The van der Waals surface area contributed by atoms with E-state index in [0.717, 1.165) is 28.2 Å². The minimum atomic E-state index is -0.108. The van der Waals surface area contributed by atoms with Crippen molar-refractivity contribution >= 4 is 28.3 Å². The van der Waals surface area contributed by atoms with Gasteiger partial charge in [-0.3, -0.25) is 4.79 Å². The Balaban J connectivity index is 1.70. The zero-order valence-electron chi connectivity index (χ0n) is 15.2. The second-order valence-corrected chi connectivity index (χ2v) is 7.20. The number of anilines is 2. The molecule has 5 heteroatoms. The topological polar surface area (TPSA) is 61.0 Å². The molecule has 0 bridgehead atoms. The number of rotatable bonds is 4. The highest BCUT2D eigenvalue weighted by atomic mass is 16.1. The van der Waals surface area contributed by atoms with E-state index in [1.165, 1.54) is 25.7 Å². The van der Waals surface area contributed by atoms with E-state index in [4.69, 9.17) is 4.98 Å². The summed E-state index contributed by atoms with van der Waals surface area (Å²) in [5.41, 5.74) is 4.31. The van der Waals surface area contributed by atoms with E-state index in [1.807, 2.05) is 61.5 Å². The van der Waals surface area contributed by atoms with Gasteiger partial charge in [0.15, 0.2) is 0 Å². The summed E-state index contributed by atoms with van der Waals surface area (Å²) in [6, 6.07) is 13.3. The molecular weight excluding hydrogens is 324 g/mol. The predicted molar refractivity (Wildman–Crippen MR) is 106 cm³/mol. The number of amides is 1. The molecule has 0 aliphatic heterocycles. The van der Waals surface area contributed by atoms with Gasteiger partial charge in [0.2, 0.25) is 0 Å². The second-order valence-electron chi connectivity index (χ2n) is 7.20. The number of carbonyl (C=O) groups excluding carboxylic acids is 1. The van der Waals surface area contributed by atoms with E-state index in [9.17, 15) is 4.79 Å². The fraction of sp³-hybridized carbons (Fsp3) is 0.333. The van der Waals surface area contributed by atoms with Crippen molar-refractivity contribution in [3.8, 4) is 0 Å². The van der Waals surface area contributed by atoms with Gasteiger partial charge in [0.1, 0.15) is 5.82 Å². The van der Waals surface area contributed by atoms with Gasteiger partial charge in [-0.1, -0.05) is 31.0 Å². The first-order chi connectivity index (χ1) is 12.6. The summed E-state index contributed by atoms with van der Waals surface area (Å²) in [6.45, 7) is 0. The first-order valence-corrected chi connectivity index (χ1v) is 9.19. The van der Waals surface area contributed by atoms with Crippen LogP contribution in [-0.4, -0.2) is 30.0 Å². The molecule has 134 valence electrons. The van der Waals surface area contributed by atoms with Crippen LogP contribution >= 0.6 is 0 Å². The number of aromatic nitrogens is 2. The van der Waals surface area contributed by atoms with Crippen LogP contribution in [-0.2, 0) is 0 Å². The van der Waals surface area contributed by atoms with Crippen molar-refractivity contribution in [2.75, 3.05) is 24.3 Å². The number of nitrogens with zero attached hydrogens (tertiary/aromatic N) is 2. The standard InChI is InChI=1S/C21H24N4O/c1-25(2)19-13-17-16(22-20(23-17)14-8-6-7-9-14)12-18(19)24-21(26)15-10-4-3-5-11-15/h3-5,10-14H,6-9H2,1-2H3,(H,22,23)(H,24,26). The number of carbonyl (C=O) groups is 1. The van der Waals surface area contributed by atoms with Gasteiger partial charge in [-0.05, 0) is 37.1 Å². The third-order valence-corrected chi connectivity index (χ3v) is 5.13. The minimum absolute atomic E-state index is 0.108. The smallest absolute Gasteiger partial charge is 0.255 e. The number of H-pyrrole nitrogens is 1. The number of aromatic amines is 1. The molecular formula is C21H24N4O. The highest BCUT2D eigenvalue weighted by Crippen LogP contribution is 2.35. The van der Waals surface area contributed by atoms with Gasteiger partial charge in [-0.2, -0.15) is 0 Å². The first-order valence-electron chi connectivity index (χ1n) is 9.19. The van der Waals surface area contributed by atoms with Crippen molar-refractivity contribution in [2.24, 2.45) is 0 Å². The Morgan fingerprint density at radius 2 is 1.88 bits per heavy atom. The molecule has 3 aromatic rings. The Morgan fingerprint density at radius 1 is 1.15 bits per heavy atom. The zero-order valence-corrected chi connectivity index (χ0v) is 15.2. The van der Waals surface area contributed by atoms with E-state index < -0.39 is 0 Å². The number of nitrogens with one attached hydrogen (secondary N) is 2. The summed E-state index contributed by atoms with van der Waals surface area (Å²) in [5, 5.41) is 3.05. The number of hydrogen-bond donors (Lipinski definition) is 2. The molecule has 1 aromatic heterocycles. The monoisotopic (exact) mass is 348 g/mol. The Morgan fingerprint density at radius 3 is 2.58 bits per heavy atom. The van der Waals surface area contributed by atoms with Crippen molar-refractivity contribution in [1.82, 2.24) is 9.97 Å². The average Bonchev–Trinajstić information content (AvgIpc) is 3.30. The fourth-order valence-corrected chi connectivity index (χ4v) is 3.71. The number of benzene rings is 2. The van der Waals surface area contributed by atoms with E-state index in [0.29, 0.717) is 11.5 Å². The Bertz CT molecular complexity index is 924. The summed E-state index contributed by atoms with van der Waals surface area (Å²) in [7, 11) is 3.95. The Kier molecular flexibility index (Phi) is 4.37. The average molecular weight is 348 g/mol. The van der Waals surface area contributed by atoms with Crippen molar-refractivity contribution < 1.29 is 4.79 Å². The maximum Gasteiger partial charge on any atom is 0.255 e. The van der Waals surface area contributed by atoms with Gasteiger partial charge in [0.25, 0.3) is 5.91 Å². The van der Waals surface area contributed by atoms with Gasteiger partial charge < -0.3 is 15.2 Å². The van der Waals surface area contributed by atoms with E-state index in [2.05, 4.69) is 10.3 Å². The molecule has 0 spiro atoms. The first kappa shape index (κ1) is 16.6. The van der Waals surface area contributed by atoms with Crippen LogP contribution in [0.25, 0.3) is 11.0 Å². The maximum absolute atomic E-state index is 12.6. The molecule has 1 amide bonds. The molecule has 1 heterocycles. The summed E-state index contributed by atoms with van der Waals surface area (Å²) in [4.78, 5) is 22.9. The highest BCUT2D eigenvalue weighted by Gasteiger charge is 2.21. The minimum Gasteiger partial charge on any atom is -0.376 e. The van der Waals surface area contributed by atoms with Gasteiger partial charge in [0.05, 0.1) is 22.4 Å². The Hall–Kier alpha value is -2.82. The molecule has 1 saturated carbocycles. The molecule has 0 atom stereocenters. The number of imidazole rings is 1. The van der Waals surface area contributed by atoms with E-state index >= 15 is 0 Å². The molecule has 1 aliphatic rings. The van der Waals surface area contributed by atoms with Gasteiger partial charge in [-0.25, -0.2) is 4.98 Å². The summed E-state index contributed by atoms with van der Waals surface area (Å²) in [6.07, 6.45) is 4.97. The largest absolute Gasteiger partial charge is 0.376 e. The van der Waals surface area contributed by atoms with Crippen molar-refractivity contribution in [1.29, 1.82) is 0 Å². The lowest BCUT2D eigenvalue weighted by molar-refractivity contribution is 0.102. The van der Waals surface area contributed by atoms with Crippen LogP contribution < -0.4 is 10.2 Å². The van der Waals surface area contributed by atoms with Crippen molar-refractivity contribution in [3.05, 3.63) is 53.9 Å². The fourth-order valence-electron chi connectivity index (χ4n) is 3.71. The van der Waals surface area contributed by atoms with Gasteiger partial charge in [0, 0.05) is 25.6 Å². The molecule has 0 unspecified atom stereocenters. The zero-order chi connectivity index (χ0) is 18.1. The molecule has 5 nitrogen and oxygen atoms in total. The van der Waals surface area contributed by atoms with Gasteiger partial charge >= 0.3 is 0 Å². The normalized spacial score (nSPS) is 14.7. The summed E-state index contributed by atoms with van der Waals surface area (Å²) < 4.78 is 0. The molecule has 2 N–H and O–H groups in total. The third-order valence-electron chi connectivity index (χ3n) is 5.13. The Labute approximate surface area is 153 Å². The molecule has 1 aliphatic carbocycles. The molecule has 4 rings (SSSR count). The quantitative estimate of drug-likeness (QED) is 0.728. The van der Waals surface area contributed by atoms with E-state index in [1.54, 1.807) is 0 Å². The lowest BCUT2D eigenvalue weighted by Gasteiger charge is -2.18. The van der Waals surface area contributed by atoms with E-state index in [-0.39, 0.29) is 5.91 Å². The van der Waals surface area contributed by atoms with Crippen LogP contribution in [0.4, 0.5) is 11.4 Å². The lowest BCUT2D eigenvalue weighted by Crippen LogP contribution is -2.16. The lowest BCUT2D eigenvalue weighted by atomic mass is 10.1. The molecule has 0 radical (unpaired) electrons. The number of fused-ring (bicyclic) bond motifs is 1. The van der Waals surface area contributed by atoms with Gasteiger partial charge in [-0.15, -0.1) is 0 Å². The SMILES string of the molecule is CN(C)c1cc2nc(C3CCCC3)[nH]c2cc1NC(=O)c1ccccc1.